The van der Waals surface area contributed by atoms with Crippen molar-refractivity contribution < 1.29 is 4.92 Å². The summed E-state index contributed by atoms with van der Waals surface area (Å²) in [5, 5.41) is 16.3. The van der Waals surface area contributed by atoms with Crippen LogP contribution in [0.5, 0.6) is 0 Å². The zero-order valence-electron chi connectivity index (χ0n) is 11.7. The Balaban J connectivity index is 2.46. The molecule has 0 atom stereocenters. The number of aromatic nitrogens is 2. The minimum absolute atomic E-state index is 0.00789. The SMILES string of the molecule is CN(C)Nc1ncnc(Nc2cccc(Cl)c2Cl)c1[N+](=O)[O-]. The molecule has 22 heavy (non-hydrogen) atoms. The highest BCUT2D eigenvalue weighted by molar-refractivity contribution is 6.43. The van der Waals surface area contributed by atoms with Crippen molar-refractivity contribution in [3.05, 3.63) is 44.7 Å². The highest BCUT2D eigenvalue weighted by Gasteiger charge is 2.24. The highest BCUT2D eigenvalue weighted by atomic mass is 35.5. The smallest absolute Gasteiger partial charge is 0.333 e. The lowest BCUT2D eigenvalue weighted by Crippen LogP contribution is -2.21. The molecule has 0 fully saturated rings. The molecule has 0 spiro atoms. The molecule has 2 rings (SSSR count). The highest BCUT2D eigenvalue weighted by Crippen LogP contribution is 2.35. The van der Waals surface area contributed by atoms with Gasteiger partial charge >= 0.3 is 5.69 Å². The first-order valence-corrected chi connectivity index (χ1v) is 6.80. The lowest BCUT2D eigenvalue weighted by molar-refractivity contribution is -0.383. The van der Waals surface area contributed by atoms with Gasteiger partial charge in [0, 0.05) is 14.1 Å². The van der Waals surface area contributed by atoms with E-state index in [0.29, 0.717) is 10.7 Å². The number of nitrogens with one attached hydrogen (secondary N) is 2. The lowest BCUT2D eigenvalue weighted by atomic mass is 10.3. The van der Waals surface area contributed by atoms with Crippen molar-refractivity contribution in [1.29, 1.82) is 0 Å². The summed E-state index contributed by atoms with van der Waals surface area (Å²) >= 11 is 12.0. The summed E-state index contributed by atoms with van der Waals surface area (Å²) in [6, 6.07) is 4.92. The van der Waals surface area contributed by atoms with E-state index in [1.807, 2.05) is 0 Å². The number of hydrogen-bond donors (Lipinski definition) is 2. The third kappa shape index (κ3) is 3.53. The number of hydrogen-bond acceptors (Lipinski definition) is 7. The van der Waals surface area contributed by atoms with Crippen LogP contribution in [0.4, 0.5) is 23.0 Å². The van der Waals surface area contributed by atoms with Gasteiger partial charge in [0.15, 0.2) is 0 Å². The van der Waals surface area contributed by atoms with Crippen LogP contribution < -0.4 is 10.7 Å². The summed E-state index contributed by atoms with van der Waals surface area (Å²) in [6.45, 7) is 0. The molecule has 0 aliphatic rings. The molecule has 0 radical (unpaired) electrons. The van der Waals surface area contributed by atoms with Crippen molar-refractivity contribution in [2.45, 2.75) is 0 Å². The van der Waals surface area contributed by atoms with Gasteiger partial charge in [0.25, 0.3) is 0 Å². The first-order chi connectivity index (χ1) is 10.4. The summed E-state index contributed by atoms with van der Waals surface area (Å²) in [5.41, 5.74) is 2.86. The molecule has 0 aliphatic heterocycles. The number of anilines is 3. The Labute approximate surface area is 136 Å². The molecule has 8 nitrogen and oxygen atoms in total. The van der Waals surface area contributed by atoms with Crippen molar-refractivity contribution in [2.24, 2.45) is 0 Å². The Bertz CT molecular complexity index is 710. The summed E-state index contributed by atoms with van der Waals surface area (Å²) in [5.74, 6) is 0.0687. The van der Waals surface area contributed by atoms with Crippen molar-refractivity contribution in [3.8, 4) is 0 Å². The van der Waals surface area contributed by atoms with Crippen LogP contribution in [-0.4, -0.2) is 34.0 Å². The van der Waals surface area contributed by atoms with E-state index >= 15 is 0 Å². The molecule has 116 valence electrons. The van der Waals surface area contributed by atoms with Crippen molar-refractivity contribution in [2.75, 3.05) is 24.8 Å². The molecule has 10 heteroatoms. The topological polar surface area (TPSA) is 96.2 Å². The van der Waals surface area contributed by atoms with Gasteiger partial charge in [-0.05, 0) is 12.1 Å². The molecule has 2 N–H and O–H groups in total. The largest absolute Gasteiger partial charge is 0.354 e. The van der Waals surface area contributed by atoms with Gasteiger partial charge in [0.05, 0.1) is 20.7 Å². The lowest BCUT2D eigenvalue weighted by Gasteiger charge is -2.14. The molecule has 0 amide bonds. The van der Waals surface area contributed by atoms with Crippen LogP contribution in [0, 0.1) is 10.1 Å². The second-order valence-electron chi connectivity index (χ2n) is 4.41. The number of nitro groups is 1. The molecular formula is C12H12Cl2N6O2. The van der Waals surface area contributed by atoms with Gasteiger partial charge in [-0.15, -0.1) is 0 Å². The molecule has 1 heterocycles. The monoisotopic (exact) mass is 342 g/mol. The van der Waals surface area contributed by atoms with Gasteiger partial charge < -0.3 is 5.32 Å². The van der Waals surface area contributed by atoms with E-state index < -0.39 is 4.92 Å². The fourth-order valence-electron chi connectivity index (χ4n) is 1.66. The minimum atomic E-state index is -0.577. The number of rotatable bonds is 5. The van der Waals surface area contributed by atoms with Crippen molar-refractivity contribution >= 4 is 46.2 Å². The standard InChI is InChI=1S/C12H12Cl2N6O2/c1-19(2)18-12-10(20(21)22)11(15-6-16-12)17-8-5-3-4-7(13)9(8)14/h3-6H,1-2H3,(H2,15,16,17,18). The van der Waals surface area contributed by atoms with E-state index in [0.717, 1.165) is 0 Å². The Morgan fingerprint density at radius 2 is 1.91 bits per heavy atom. The summed E-state index contributed by atoms with van der Waals surface area (Å²) in [7, 11) is 3.37. The van der Waals surface area contributed by atoms with Crippen LogP contribution in [0.2, 0.25) is 10.0 Å². The summed E-state index contributed by atoms with van der Waals surface area (Å²) in [6.07, 6.45) is 1.21. The van der Waals surface area contributed by atoms with E-state index in [-0.39, 0.29) is 22.3 Å². The van der Waals surface area contributed by atoms with E-state index in [1.165, 1.54) is 11.3 Å². The normalized spacial score (nSPS) is 10.6. The molecule has 2 aromatic rings. The molecule has 0 bridgehead atoms. The minimum Gasteiger partial charge on any atom is -0.333 e. The van der Waals surface area contributed by atoms with E-state index in [9.17, 15) is 10.1 Å². The zero-order chi connectivity index (χ0) is 16.3. The number of halogens is 2. The average molecular weight is 343 g/mol. The third-order valence-corrected chi connectivity index (χ3v) is 3.36. The molecule has 0 saturated heterocycles. The van der Waals surface area contributed by atoms with Crippen LogP contribution >= 0.6 is 23.2 Å². The molecule has 0 unspecified atom stereocenters. The molecule has 0 aliphatic carbocycles. The van der Waals surface area contributed by atoms with E-state index in [2.05, 4.69) is 20.7 Å². The van der Waals surface area contributed by atoms with Gasteiger partial charge in [-0.2, -0.15) is 0 Å². The third-order valence-electron chi connectivity index (χ3n) is 2.54. The van der Waals surface area contributed by atoms with Crippen LogP contribution in [0.15, 0.2) is 24.5 Å². The molecular weight excluding hydrogens is 331 g/mol. The molecule has 1 aromatic carbocycles. The predicted molar refractivity (Wildman–Crippen MR) is 85.7 cm³/mol. The Hall–Kier alpha value is -2.16. The number of benzene rings is 1. The van der Waals surface area contributed by atoms with Crippen LogP contribution in [0.3, 0.4) is 0 Å². The fourth-order valence-corrected chi connectivity index (χ4v) is 2.01. The van der Waals surface area contributed by atoms with Crippen LogP contribution in [-0.2, 0) is 0 Å². The van der Waals surface area contributed by atoms with Gasteiger partial charge in [-0.25, -0.2) is 15.0 Å². The number of nitrogens with zero attached hydrogens (tertiary/aromatic N) is 4. The van der Waals surface area contributed by atoms with E-state index in [4.69, 9.17) is 23.2 Å². The van der Waals surface area contributed by atoms with Crippen LogP contribution in [0.25, 0.3) is 0 Å². The first-order valence-electron chi connectivity index (χ1n) is 6.04. The average Bonchev–Trinajstić information content (AvgIpc) is 2.43. The maximum Gasteiger partial charge on any atom is 0.354 e. The predicted octanol–water partition coefficient (Wildman–Crippen LogP) is 3.32. The first kappa shape index (κ1) is 16.2. The van der Waals surface area contributed by atoms with Gasteiger partial charge in [-0.1, -0.05) is 29.3 Å². The zero-order valence-corrected chi connectivity index (χ0v) is 13.2. The van der Waals surface area contributed by atoms with Gasteiger partial charge in [-0.3, -0.25) is 15.5 Å². The van der Waals surface area contributed by atoms with E-state index in [1.54, 1.807) is 32.3 Å². The second kappa shape index (κ2) is 6.73. The number of hydrazine groups is 1. The van der Waals surface area contributed by atoms with Gasteiger partial charge in [0.1, 0.15) is 6.33 Å². The maximum atomic E-state index is 11.3. The Morgan fingerprint density at radius 1 is 1.23 bits per heavy atom. The van der Waals surface area contributed by atoms with Gasteiger partial charge in [0.2, 0.25) is 11.6 Å². The van der Waals surface area contributed by atoms with Crippen molar-refractivity contribution in [1.82, 2.24) is 15.0 Å². The quantitative estimate of drug-likeness (QED) is 0.635. The molecule has 0 saturated carbocycles. The fraction of sp³-hybridized carbons (Fsp3) is 0.167. The van der Waals surface area contributed by atoms with Crippen molar-refractivity contribution in [3.63, 3.8) is 0 Å². The maximum absolute atomic E-state index is 11.3. The Kier molecular flexibility index (Phi) is 4.96. The summed E-state index contributed by atoms with van der Waals surface area (Å²) in [4.78, 5) is 18.5. The second-order valence-corrected chi connectivity index (χ2v) is 5.19. The Morgan fingerprint density at radius 3 is 2.55 bits per heavy atom. The molecule has 1 aromatic heterocycles. The summed E-state index contributed by atoms with van der Waals surface area (Å²) < 4.78 is 0. The van der Waals surface area contributed by atoms with Crippen LogP contribution in [0.1, 0.15) is 0 Å².